The van der Waals surface area contributed by atoms with E-state index in [0.717, 1.165) is 0 Å². The number of ether oxygens (including phenoxy) is 2. The van der Waals surface area contributed by atoms with E-state index in [1.54, 1.807) is 39.8 Å². The van der Waals surface area contributed by atoms with Gasteiger partial charge in [0.2, 0.25) is 5.91 Å². The molecule has 172 valence electrons. The van der Waals surface area contributed by atoms with E-state index >= 15 is 0 Å². The predicted octanol–water partition coefficient (Wildman–Crippen LogP) is 2.17. The molecule has 0 radical (unpaired) electrons. The number of carbonyl (C=O) groups is 5. The van der Waals surface area contributed by atoms with E-state index in [1.807, 2.05) is 0 Å². The van der Waals surface area contributed by atoms with Crippen molar-refractivity contribution in [1.82, 2.24) is 10.4 Å². The highest BCUT2D eigenvalue weighted by atomic mass is 16.8. The van der Waals surface area contributed by atoms with Crippen LogP contribution >= 0.6 is 0 Å². The molecule has 1 aliphatic carbocycles. The Morgan fingerprint density at radius 3 is 2.42 bits per heavy atom. The largest absolute Gasteiger partial charge is 0.534 e. The number of carbonyl (C=O) groups excluding carboxylic acids is 5. The van der Waals surface area contributed by atoms with Crippen molar-refractivity contribution >= 4 is 29.8 Å². The summed E-state index contributed by atoms with van der Waals surface area (Å²) in [6.45, 7) is 6.79. The number of imide groups is 1. The lowest BCUT2D eigenvalue weighted by Gasteiger charge is -2.31. The number of esters is 1. The molecule has 1 fully saturated rings. The molecular formula is C21H30N2O8. The van der Waals surface area contributed by atoms with Gasteiger partial charge in [-0.15, -0.1) is 0 Å². The summed E-state index contributed by atoms with van der Waals surface area (Å²) in [4.78, 5) is 64.4. The van der Waals surface area contributed by atoms with Crippen molar-refractivity contribution in [3.05, 3.63) is 12.2 Å². The molecule has 0 bridgehead atoms. The minimum atomic E-state index is -1.16. The second kappa shape index (κ2) is 9.93. The first kappa shape index (κ1) is 24.4. The average molecular weight is 438 g/mol. The summed E-state index contributed by atoms with van der Waals surface area (Å²) in [7, 11) is 0. The highest BCUT2D eigenvalue weighted by Crippen LogP contribution is 2.33. The number of hydrogen-bond donors (Lipinski definition) is 1. The Hall–Kier alpha value is -2.91. The molecule has 2 aliphatic rings. The highest BCUT2D eigenvalue weighted by Gasteiger charge is 2.36. The fraction of sp³-hybridized carbons (Fsp3) is 0.667. The van der Waals surface area contributed by atoms with Gasteiger partial charge in [0, 0.05) is 18.3 Å². The van der Waals surface area contributed by atoms with Crippen LogP contribution in [0.5, 0.6) is 0 Å². The third kappa shape index (κ3) is 7.37. The van der Waals surface area contributed by atoms with E-state index in [2.05, 4.69) is 5.32 Å². The summed E-state index contributed by atoms with van der Waals surface area (Å²) in [5.74, 6) is -2.00. The maximum Gasteiger partial charge on any atom is 0.534 e. The third-order valence-electron chi connectivity index (χ3n) is 4.97. The topological polar surface area (TPSA) is 128 Å². The van der Waals surface area contributed by atoms with Gasteiger partial charge in [-0.25, -0.2) is 4.79 Å². The van der Waals surface area contributed by atoms with Gasteiger partial charge >= 0.3 is 12.1 Å². The van der Waals surface area contributed by atoms with E-state index < -0.39 is 41.1 Å². The van der Waals surface area contributed by atoms with Crippen LogP contribution in [-0.4, -0.2) is 53.2 Å². The lowest BCUT2D eigenvalue weighted by Crippen LogP contribution is -2.43. The Labute approximate surface area is 181 Å². The van der Waals surface area contributed by atoms with Gasteiger partial charge in [-0.2, -0.15) is 0 Å². The molecule has 1 heterocycles. The average Bonchev–Trinajstić information content (AvgIpc) is 2.96. The van der Waals surface area contributed by atoms with Crippen molar-refractivity contribution in [1.29, 1.82) is 0 Å². The van der Waals surface area contributed by atoms with Crippen molar-refractivity contribution in [2.75, 3.05) is 6.54 Å². The molecule has 0 aromatic heterocycles. The summed E-state index contributed by atoms with van der Waals surface area (Å²) in [6, 6.07) is 0. The maximum absolute atomic E-state index is 12.7. The first-order valence-corrected chi connectivity index (χ1v) is 10.3. The first-order chi connectivity index (χ1) is 14.4. The Balaban J connectivity index is 1.88. The molecule has 31 heavy (non-hydrogen) atoms. The molecule has 0 aromatic rings. The number of nitrogens with one attached hydrogen (secondary N) is 1. The second-order valence-corrected chi connectivity index (χ2v) is 8.91. The normalized spacial score (nSPS) is 24.3. The minimum absolute atomic E-state index is 0.00773. The van der Waals surface area contributed by atoms with Gasteiger partial charge in [0.1, 0.15) is 18.2 Å². The smallest absolute Gasteiger partial charge is 0.459 e. The quantitative estimate of drug-likeness (QED) is 0.393. The molecule has 0 spiro atoms. The molecule has 3 amide bonds. The van der Waals surface area contributed by atoms with Crippen LogP contribution in [-0.2, 0) is 33.5 Å². The summed E-state index contributed by atoms with van der Waals surface area (Å²) in [5.41, 5.74) is -1.42. The number of hydroxylamine groups is 2. The third-order valence-corrected chi connectivity index (χ3v) is 4.97. The van der Waals surface area contributed by atoms with Gasteiger partial charge in [-0.05, 0) is 52.5 Å². The molecule has 10 heteroatoms. The van der Waals surface area contributed by atoms with Crippen LogP contribution in [0.25, 0.3) is 0 Å². The van der Waals surface area contributed by atoms with Crippen molar-refractivity contribution in [3.63, 3.8) is 0 Å². The Bertz CT molecular complexity index is 754. The number of allylic oxidation sites excluding steroid dienone is 1. The monoisotopic (exact) mass is 438 g/mol. The van der Waals surface area contributed by atoms with Gasteiger partial charge < -0.3 is 14.8 Å². The molecule has 0 unspecified atom stereocenters. The van der Waals surface area contributed by atoms with E-state index in [0.29, 0.717) is 30.7 Å². The standard InChI is InChI=1S/C21H30N2O8/c1-20(2,3)30-17(26)13-22-18(27)21(4)11-6-5-7-14(10-12-21)29-19(28)31-23-15(24)8-9-16(23)25/h5,7,14H,6,8-13H2,1-4H3,(H,22,27)/t14-,21+/m0/s1. The zero-order valence-electron chi connectivity index (χ0n) is 18.4. The summed E-state index contributed by atoms with van der Waals surface area (Å²) in [6.07, 6.45) is 3.45. The Kier molecular flexibility index (Phi) is 7.80. The van der Waals surface area contributed by atoms with Gasteiger partial charge in [-0.1, -0.05) is 18.1 Å². The summed E-state index contributed by atoms with van der Waals surface area (Å²) >= 11 is 0. The van der Waals surface area contributed by atoms with Crippen LogP contribution < -0.4 is 5.32 Å². The molecule has 1 aliphatic heterocycles. The fourth-order valence-electron chi connectivity index (χ4n) is 3.28. The van der Waals surface area contributed by atoms with Crippen molar-refractivity contribution < 1.29 is 38.3 Å². The van der Waals surface area contributed by atoms with Crippen LogP contribution in [0.3, 0.4) is 0 Å². The van der Waals surface area contributed by atoms with Crippen LogP contribution in [0.2, 0.25) is 0 Å². The predicted molar refractivity (Wildman–Crippen MR) is 107 cm³/mol. The molecule has 0 saturated carbocycles. The lowest BCUT2D eigenvalue weighted by molar-refractivity contribution is -0.178. The molecule has 10 nitrogen and oxygen atoms in total. The molecular weight excluding hydrogens is 408 g/mol. The summed E-state index contributed by atoms with van der Waals surface area (Å²) < 4.78 is 10.4. The molecule has 1 saturated heterocycles. The SMILES string of the molecule is CC(C)(C)OC(=O)CNC(=O)[C@]1(C)CCC=C[C@H](OC(=O)ON2C(=O)CCC2=O)CC1. The van der Waals surface area contributed by atoms with Crippen molar-refractivity contribution in [2.24, 2.45) is 5.41 Å². The van der Waals surface area contributed by atoms with Crippen LogP contribution in [0.15, 0.2) is 12.2 Å². The number of nitrogens with zero attached hydrogens (tertiary/aromatic N) is 1. The fourth-order valence-corrected chi connectivity index (χ4v) is 3.28. The number of amides is 3. The van der Waals surface area contributed by atoms with Gasteiger partial charge in [0.25, 0.3) is 11.8 Å². The molecule has 2 rings (SSSR count). The zero-order chi connectivity index (χ0) is 23.2. The number of rotatable bonds is 5. The van der Waals surface area contributed by atoms with E-state index in [1.165, 1.54) is 0 Å². The van der Waals surface area contributed by atoms with E-state index in [4.69, 9.17) is 14.3 Å². The van der Waals surface area contributed by atoms with Crippen LogP contribution in [0.1, 0.15) is 66.2 Å². The van der Waals surface area contributed by atoms with Gasteiger partial charge in [0.15, 0.2) is 0 Å². The lowest BCUT2D eigenvalue weighted by atomic mass is 9.78. The second-order valence-electron chi connectivity index (χ2n) is 8.91. The Morgan fingerprint density at radius 2 is 1.81 bits per heavy atom. The zero-order valence-corrected chi connectivity index (χ0v) is 18.4. The first-order valence-electron chi connectivity index (χ1n) is 10.3. The van der Waals surface area contributed by atoms with E-state index in [9.17, 15) is 24.0 Å². The van der Waals surface area contributed by atoms with E-state index in [-0.39, 0.29) is 25.3 Å². The summed E-state index contributed by atoms with van der Waals surface area (Å²) in [5, 5.41) is 3.05. The van der Waals surface area contributed by atoms with Crippen molar-refractivity contribution in [3.8, 4) is 0 Å². The molecule has 2 atom stereocenters. The van der Waals surface area contributed by atoms with Crippen LogP contribution in [0.4, 0.5) is 4.79 Å². The van der Waals surface area contributed by atoms with Crippen LogP contribution in [0, 0.1) is 5.41 Å². The van der Waals surface area contributed by atoms with Gasteiger partial charge in [-0.3, -0.25) is 24.0 Å². The number of hydrogen-bond acceptors (Lipinski definition) is 8. The highest BCUT2D eigenvalue weighted by molar-refractivity contribution is 6.01. The Morgan fingerprint density at radius 1 is 1.16 bits per heavy atom. The maximum atomic E-state index is 12.7. The molecule has 1 N–H and O–H groups in total. The van der Waals surface area contributed by atoms with Crippen molar-refractivity contribution in [2.45, 2.75) is 77.9 Å². The molecule has 0 aromatic carbocycles. The van der Waals surface area contributed by atoms with Gasteiger partial charge in [0.05, 0.1) is 0 Å². The minimum Gasteiger partial charge on any atom is -0.459 e.